The number of carboxylic acid groups (broad SMARTS) is 1. The number of aromatic carboxylic acids is 1. The molecule has 2 heterocycles. The Morgan fingerprint density at radius 3 is 2.81 bits per heavy atom. The number of pyridine rings is 1. The van der Waals surface area contributed by atoms with Gasteiger partial charge in [0.05, 0.1) is 22.3 Å². The number of aromatic nitrogens is 1. The molecule has 3 rings (SSSR count). The molecule has 1 unspecified atom stereocenters. The molecule has 1 saturated heterocycles. The first-order valence-electron chi connectivity index (χ1n) is 9.23. The van der Waals surface area contributed by atoms with E-state index in [1.807, 2.05) is 18.7 Å². The summed E-state index contributed by atoms with van der Waals surface area (Å²) < 4.78 is 16.7. The van der Waals surface area contributed by atoms with Crippen LogP contribution < -0.4 is 21.4 Å². The third kappa shape index (κ3) is 3.37. The summed E-state index contributed by atoms with van der Waals surface area (Å²) in [5.41, 5.74) is 5.35. The fourth-order valence-corrected chi connectivity index (χ4v) is 3.75. The molecule has 1 aromatic carbocycles. The zero-order chi connectivity index (χ0) is 19.7. The Morgan fingerprint density at radius 1 is 1.44 bits per heavy atom. The molecule has 0 bridgehead atoms. The van der Waals surface area contributed by atoms with Crippen LogP contribution in [0.3, 0.4) is 0 Å². The van der Waals surface area contributed by atoms with Gasteiger partial charge in [0.2, 0.25) is 5.43 Å². The number of nitrogens with one attached hydrogen (secondary N) is 1. The number of nitrogen functional groups attached to an aromatic ring is 1. The highest BCUT2D eigenvalue weighted by atomic mass is 19.1. The quantitative estimate of drug-likeness (QED) is 0.666. The van der Waals surface area contributed by atoms with Crippen molar-refractivity contribution in [3.05, 3.63) is 33.9 Å². The smallest absolute Gasteiger partial charge is 0.341 e. The molecular formula is C19H25FN4O3. The van der Waals surface area contributed by atoms with E-state index in [4.69, 9.17) is 5.73 Å². The summed E-state index contributed by atoms with van der Waals surface area (Å²) in [5, 5.41) is 12.5. The predicted octanol–water partition coefficient (Wildman–Crippen LogP) is 1.88. The Bertz CT molecular complexity index is 941. The first kappa shape index (κ1) is 19.2. The molecule has 1 fully saturated rings. The number of carboxylic acids is 1. The maximum Gasteiger partial charge on any atom is 0.341 e. The molecule has 8 heteroatoms. The largest absolute Gasteiger partial charge is 0.477 e. The number of carbonyl (C=O) groups is 1. The molecule has 146 valence electrons. The van der Waals surface area contributed by atoms with Crippen molar-refractivity contribution in [3.63, 3.8) is 0 Å². The summed E-state index contributed by atoms with van der Waals surface area (Å²) in [5.74, 6) is -1.59. The predicted molar refractivity (Wildman–Crippen MR) is 104 cm³/mol. The zero-order valence-corrected chi connectivity index (χ0v) is 15.6. The van der Waals surface area contributed by atoms with E-state index in [2.05, 4.69) is 5.32 Å². The highest BCUT2D eigenvalue weighted by molar-refractivity contribution is 5.99. The van der Waals surface area contributed by atoms with Crippen molar-refractivity contribution in [1.82, 2.24) is 9.88 Å². The van der Waals surface area contributed by atoms with Gasteiger partial charge in [0.15, 0.2) is 5.82 Å². The van der Waals surface area contributed by atoms with Crippen LogP contribution in [0.15, 0.2) is 17.1 Å². The number of anilines is 2. The Balaban J connectivity index is 2.12. The van der Waals surface area contributed by atoms with Gasteiger partial charge in [-0.2, -0.15) is 0 Å². The van der Waals surface area contributed by atoms with Gasteiger partial charge in [-0.25, -0.2) is 9.18 Å². The summed E-state index contributed by atoms with van der Waals surface area (Å²) in [6.07, 6.45) is 2.25. The van der Waals surface area contributed by atoms with Crippen molar-refractivity contribution in [3.8, 4) is 0 Å². The number of benzene rings is 1. The van der Waals surface area contributed by atoms with Crippen molar-refractivity contribution >= 4 is 28.2 Å². The lowest BCUT2D eigenvalue weighted by molar-refractivity contribution is 0.0695. The highest BCUT2D eigenvalue weighted by Crippen LogP contribution is 2.34. The fourth-order valence-electron chi connectivity index (χ4n) is 3.75. The van der Waals surface area contributed by atoms with Gasteiger partial charge >= 0.3 is 5.97 Å². The molecule has 1 aliphatic heterocycles. The first-order valence-corrected chi connectivity index (χ1v) is 9.23. The number of hydrogen-bond donors (Lipinski definition) is 3. The van der Waals surface area contributed by atoms with Gasteiger partial charge in [0, 0.05) is 25.8 Å². The number of halogens is 1. The van der Waals surface area contributed by atoms with E-state index in [1.165, 1.54) is 6.20 Å². The highest BCUT2D eigenvalue weighted by Gasteiger charge is 2.27. The average molecular weight is 376 g/mol. The van der Waals surface area contributed by atoms with Gasteiger partial charge in [-0.3, -0.25) is 4.79 Å². The van der Waals surface area contributed by atoms with Crippen LogP contribution in [0, 0.1) is 11.7 Å². The number of aryl methyl sites for hydroxylation is 1. The van der Waals surface area contributed by atoms with Gasteiger partial charge in [-0.15, -0.1) is 0 Å². The van der Waals surface area contributed by atoms with Crippen LogP contribution in [-0.4, -0.2) is 41.8 Å². The maximum atomic E-state index is 15.0. The van der Waals surface area contributed by atoms with Crippen LogP contribution >= 0.6 is 0 Å². The standard InChI is InChI=1S/C19H25FN4O3/c1-3-22-8-11-5-6-24(9-11)14-7-13-15(17(21)16(14)20)18(25)12(19(26)27)10-23(13)4-2/h7,10-11,22H,3-6,8-9,21H2,1-2H3,(H,26,27). The third-order valence-corrected chi connectivity index (χ3v) is 5.21. The summed E-state index contributed by atoms with van der Waals surface area (Å²) in [4.78, 5) is 25.9. The number of hydrogen-bond acceptors (Lipinski definition) is 5. The molecule has 1 aromatic heterocycles. The van der Waals surface area contributed by atoms with Crippen molar-refractivity contribution < 1.29 is 14.3 Å². The second-order valence-corrected chi connectivity index (χ2v) is 6.89. The molecule has 4 N–H and O–H groups in total. The van der Waals surface area contributed by atoms with Crippen LogP contribution in [0.2, 0.25) is 0 Å². The topological polar surface area (TPSA) is 101 Å². The summed E-state index contributed by atoms with van der Waals surface area (Å²) >= 11 is 0. The molecule has 0 spiro atoms. The second-order valence-electron chi connectivity index (χ2n) is 6.89. The van der Waals surface area contributed by atoms with Gasteiger partial charge in [0.1, 0.15) is 5.56 Å². The normalized spacial score (nSPS) is 17.0. The van der Waals surface area contributed by atoms with Crippen LogP contribution in [0.4, 0.5) is 15.8 Å². The first-order chi connectivity index (χ1) is 12.9. The molecule has 0 radical (unpaired) electrons. The molecule has 1 aliphatic rings. The summed E-state index contributed by atoms with van der Waals surface area (Å²) in [7, 11) is 0. The maximum absolute atomic E-state index is 15.0. The lowest BCUT2D eigenvalue weighted by Gasteiger charge is -2.22. The van der Waals surface area contributed by atoms with Crippen molar-refractivity contribution in [1.29, 1.82) is 0 Å². The molecular weight excluding hydrogens is 351 g/mol. The summed E-state index contributed by atoms with van der Waals surface area (Å²) in [6.45, 7) is 7.50. The Hall–Kier alpha value is -2.61. The lowest BCUT2D eigenvalue weighted by atomic mass is 10.1. The van der Waals surface area contributed by atoms with E-state index < -0.39 is 22.8 Å². The monoisotopic (exact) mass is 376 g/mol. The van der Waals surface area contributed by atoms with E-state index in [-0.39, 0.29) is 11.1 Å². The second kappa shape index (κ2) is 7.56. The molecule has 0 aliphatic carbocycles. The van der Waals surface area contributed by atoms with Crippen molar-refractivity contribution in [2.24, 2.45) is 5.92 Å². The van der Waals surface area contributed by atoms with Gasteiger partial charge in [-0.1, -0.05) is 6.92 Å². The minimum atomic E-state index is -1.35. The lowest BCUT2D eigenvalue weighted by Crippen LogP contribution is -2.27. The van der Waals surface area contributed by atoms with Crippen LogP contribution in [0.5, 0.6) is 0 Å². The number of rotatable bonds is 6. The van der Waals surface area contributed by atoms with E-state index >= 15 is 4.39 Å². The van der Waals surface area contributed by atoms with E-state index in [9.17, 15) is 14.7 Å². The average Bonchev–Trinajstić information content (AvgIpc) is 3.11. The van der Waals surface area contributed by atoms with E-state index in [0.29, 0.717) is 36.8 Å². The van der Waals surface area contributed by atoms with Crippen LogP contribution in [0.1, 0.15) is 30.6 Å². The van der Waals surface area contributed by atoms with Crippen molar-refractivity contribution in [2.75, 3.05) is 36.8 Å². The molecule has 0 saturated carbocycles. The Kier molecular flexibility index (Phi) is 5.36. The number of fused-ring (bicyclic) bond motifs is 1. The van der Waals surface area contributed by atoms with Gasteiger partial charge in [-0.05, 0) is 38.4 Å². The van der Waals surface area contributed by atoms with Gasteiger partial charge < -0.3 is 25.6 Å². The Labute approximate surface area is 156 Å². The molecule has 2 aromatic rings. The fraction of sp³-hybridized carbons (Fsp3) is 0.474. The molecule has 0 amide bonds. The zero-order valence-electron chi connectivity index (χ0n) is 15.6. The van der Waals surface area contributed by atoms with Gasteiger partial charge in [0.25, 0.3) is 0 Å². The van der Waals surface area contributed by atoms with Crippen LogP contribution in [0.25, 0.3) is 10.9 Å². The number of nitrogens with two attached hydrogens (primary N) is 1. The van der Waals surface area contributed by atoms with E-state index in [1.54, 1.807) is 10.6 Å². The minimum Gasteiger partial charge on any atom is -0.477 e. The van der Waals surface area contributed by atoms with Crippen molar-refractivity contribution in [2.45, 2.75) is 26.8 Å². The Morgan fingerprint density at radius 2 is 2.19 bits per heavy atom. The summed E-state index contributed by atoms with van der Waals surface area (Å²) in [6, 6.07) is 1.62. The minimum absolute atomic E-state index is 0.0682. The third-order valence-electron chi connectivity index (χ3n) is 5.21. The molecule has 1 atom stereocenters. The molecule has 7 nitrogen and oxygen atoms in total. The molecule has 27 heavy (non-hydrogen) atoms. The number of nitrogens with zero attached hydrogens (tertiary/aromatic N) is 2. The SMILES string of the molecule is CCNCC1CCN(c2cc3c(c(N)c2F)c(=O)c(C(=O)O)cn3CC)C1. The van der Waals surface area contributed by atoms with Crippen LogP contribution in [-0.2, 0) is 6.54 Å². The van der Waals surface area contributed by atoms with E-state index in [0.717, 1.165) is 19.5 Å².